The highest BCUT2D eigenvalue weighted by molar-refractivity contribution is 7.13. The molecule has 156 valence electrons. The highest BCUT2D eigenvalue weighted by Crippen LogP contribution is 2.16. The van der Waals surface area contributed by atoms with Crippen LogP contribution >= 0.6 is 11.3 Å². The van der Waals surface area contributed by atoms with E-state index in [1.54, 1.807) is 25.4 Å². The molecular formula is C20H25N3O5S. The quantitative estimate of drug-likeness (QED) is 0.244. The van der Waals surface area contributed by atoms with Crippen molar-refractivity contribution in [3.05, 3.63) is 40.9 Å². The second-order valence-corrected chi connectivity index (χ2v) is 6.68. The lowest BCUT2D eigenvalue weighted by atomic mass is 10.2. The van der Waals surface area contributed by atoms with E-state index in [-0.39, 0.29) is 18.4 Å². The fraction of sp³-hybridized carbons (Fsp3) is 0.400. The maximum absolute atomic E-state index is 11.4. The van der Waals surface area contributed by atoms with Gasteiger partial charge in [0.05, 0.1) is 38.1 Å². The Hall–Kier alpha value is -2.94. The zero-order valence-corrected chi connectivity index (χ0v) is 17.4. The molecule has 1 N–H and O–H groups in total. The molecule has 2 aromatic rings. The first kappa shape index (κ1) is 22.4. The lowest BCUT2D eigenvalue weighted by Gasteiger charge is -2.06. The summed E-state index contributed by atoms with van der Waals surface area (Å²) >= 11 is 1.37. The number of aromatic nitrogens is 1. The molecule has 9 heteroatoms. The molecule has 0 aliphatic rings. The van der Waals surface area contributed by atoms with Crippen LogP contribution in [0.3, 0.4) is 0 Å². The first-order chi connectivity index (χ1) is 14.1. The lowest BCUT2D eigenvalue weighted by molar-refractivity contribution is -0.143. The molecule has 1 heterocycles. The average molecular weight is 420 g/mol. The number of nitrogens with zero attached hydrogens (tertiary/aromatic N) is 2. The summed E-state index contributed by atoms with van der Waals surface area (Å²) in [5.74, 6) is 0.224. The number of carbonyl (C=O) groups excluding carboxylic acids is 2. The zero-order chi connectivity index (χ0) is 20.9. The largest absolute Gasteiger partial charge is 0.494 e. The van der Waals surface area contributed by atoms with Gasteiger partial charge in [-0.1, -0.05) is 0 Å². The molecule has 0 saturated carbocycles. The van der Waals surface area contributed by atoms with Gasteiger partial charge < -0.3 is 14.2 Å². The second-order valence-electron chi connectivity index (χ2n) is 5.82. The van der Waals surface area contributed by atoms with Crippen LogP contribution in [0.2, 0.25) is 0 Å². The maximum atomic E-state index is 11.4. The number of benzene rings is 1. The Morgan fingerprint density at radius 2 is 1.86 bits per heavy atom. The van der Waals surface area contributed by atoms with Crippen molar-refractivity contribution in [3.63, 3.8) is 0 Å². The topological polar surface area (TPSA) is 99.1 Å². The van der Waals surface area contributed by atoms with Crippen LogP contribution in [0.5, 0.6) is 5.75 Å². The van der Waals surface area contributed by atoms with Gasteiger partial charge in [-0.15, -0.1) is 11.3 Å². The van der Waals surface area contributed by atoms with Crippen molar-refractivity contribution in [2.24, 2.45) is 5.10 Å². The van der Waals surface area contributed by atoms with E-state index < -0.39 is 0 Å². The van der Waals surface area contributed by atoms with Crippen molar-refractivity contribution in [3.8, 4) is 5.75 Å². The smallest absolute Gasteiger partial charge is 0.311 e. The van der Waals surface area contributed by atoms with Gasteiger partial charge in [-0.05, 0) is 50.1 Å². The maximum Gasteiger partial charge on any atom is 0.311 e. The number of hydrogen-bond donors (Lipinski definition) is 1. The average Bonchev–Trinajstić information content (AvgIpc) is 3.14. The summed E-state index contributed by atoms with van der Waals surface area (Å²) in [6.07, 6.45) is 2.77. The molecule has 0 aliphatic carbocycles. The van der Waals surface area contributed by atoms with Gasteiger partial charge in [0.25, 0.3) is 0 Å². The number of carbonyl (C=O) groups is 2. The summed E-state index contributed by atoms with van der Waals surface area (Å²) < 4.78 is 15.4. The van der Waals surface area contributed by atoms with E-state index >= 15 is 0 Å². The molecule has 0 amide bonds. The lowest BCUT2D eigenvalue weighted by Crippen LogP contribution is -2.07. The monoisotopic (exact) mass is 419 g/mol. The molecule has 0 fully saturated rings. The van der Waals surface area contributed by atoms with E-state index in [4.69, 9.17) is 14.2 Å². The molecule has 0 aliphatic heterocycles. The molecule has 1 aromatic carbocycles. The number of thiazole rings is 1. The van der Waals surface area contributed by atoms with Crippen LogP contribution in [0, 0.1) is 0 Å². The van der Waals surface area contributed by atoms with Crippen LogP contribution in [0.25, 0.3) is 0 Å². The summed E-state index contributed by atoms with van der Waals surface area (Å²) in [4.78, 5) is 27.0. The molecule has 0 radical (unpaired) electrons. The Morgan fingerprint density at radius 3 is 2.59 bits per heavy atom. The van der Waals surface area contributed by atoms with Gasteiger partial charge in [0.15, 0.2) is 0 Å². The van der Waals surface area contributed by atoms with Crippen LogP contribution in [-0.2, 0) is 25.5 Å². The van der Waals surface area contributed by atoms with E-state index in [9.17, 15) is 9.59 Å². The van der Waals surface area contributed by atoms with Gasteiger partial charge in [-0.25, -0.2) is 4.98 Å². The van der Waals surface area contributed by atoms with Crippen LogP contribution in [-0.4, -0.2) is 43.0 Å². The predicted molar refractivity (Wildman–Crippen MR) is 111 cm³/mol. The highest BCUT2D eigenvalue weighted by atomic mass is 32.1. The van der Waals surface area contributed by atoms with Crippen molar-refractivity contribution < 1.29 is 23.8 Å². The molecular weight excluding hydrogens is 394 g/mol. The van der Waals surface area contributed by atoms with Crippen molar-refractivity contribution in [1.29, 1.82) is 0 Å². The summed E-state index contributed by atoms with van der Waals surface area (Å²) in [5, 5.41) is 6.54. The standard InChI is InChI=1S/C20H25N3O5S/c1-3-26-18(24)6-5-11-28-17-9-7-15(8-10-17)13-21-23-20-22-16(14-29-20)12-19(25)27-4-2/h7-10,13-14H,3-6,11-12H2,1-2H3,(H,22,23). The Balaban J connectivity index is 1.72. The van der Waals surface area contributed by atoms with E-state index in [1.165, 1.54) is 11.3 Å². The zero-order valence-electron chi connectivity index (χ0n) is 16.6. The number of hydrazone groups is 1. The van der Waals surface area contributed by atoms with Crippen molar-refractivity contribution in [2.75, 3.05) is 25.2 Å². The molecule has 0 atom stereocenters. The summed E-state index contributed by atoms with van der Waals surface area (Å²) in [5.41, 5.74) is 4.38. The number of nitrogens with one attached hydrogen (secondary N) is 1. The first-order valence-electron chi connectivity index (χ1n) is 9.38. The molecule has 0 unspecified atom stereocenters. The van der Waals surface area contributed by atoms with Gasteiger partial charge in [-0.3, -0.25) is 15.0 Å². The number of anilines is 1. The molecule has 8 nitrogen and oxygen atoms in total. The van der Waals surface area contributed by atoms with Crippen molar-refractivity contribution in [1.82, 2.24) is 4.98 Å². The van der Waals surface area contributed by atoms with Gasteiger partial charge in [0.2, 0.25) is 5.13 Å². The number of hydrogen-bond acceptors (Lipinski definition) is 9. The third kappa shape index (κ3) is 8.73. The van der Waals surface area contributed by atoms with Crippen LogP contribution < -0.4 is 10.2 Å². The molecule has 29 heavy (non-hydrogen) atoms. The van der Waals surface area contributed by atoms with Crippen LogP contribution in [0.4, 0.5) is 5.13 Å². The minimum absolute atomic E-state index is 0.150. The number of esters is 2. The molecule has 2 rings (SSSR count). The second kappa shape index (κ2) is 12.5. The van der Waals surface area contributed by atoms with Gasteiger partial charge in [-0.2, -0.15) is 5.10 Å². The van der Waals surface area contributed by atoms with Crippen LogP contribution in [0.1, 0.15) is 37.9 Å². The molecule has 0 spiro atoms. The fourth-order valence-electron chi connectivity index (χ4n) is 2.25. The van der Waals surface area contributed by atoms with Gasteiger partial charge in [0, 0.05) is 11.8 Å². The van der Waals surface area contributed by atoms with Gasteiger partial charge in [0.1, 0.15) is 5.75 Å². The van der Waals surface area contributed by atoms with Crippen LogP contribution in [0.15, 0.2) is 34.7 Å². The summed E-state index contributed by atoms with van der Waals surface area (Å²) in [6, 6.07) is 7.43. The van der Waals surface area contributed by atoms with Crippen molar-refractivity contribution >= 4 is 34.6 Å². The molecule has 0 bridgehead atoms. The summed E-state index contributed by atoms with van der Waals surface area (Å²) in [6.45, 7) is 4.76. The van der Waals surface area contributed by atoms with E-state index in [2.05, 4.69) is 15.5 Å². The normalized spacial score (nSPS) is 10.7. The first-order valence-corrected chi connectivity index (χ1v) is 10.3. The molecule has 0 saturated heterocycles. The highest BCUT2D eigenvalue weighted by Gasteiger charge is 2.07. The SMILES string of the molecule is CCOC(=O)CCCOc1ccc(C=NNc2nc(CC(=O)OCC)cs2)cc1. The van der Waals surface area contributed by atoms with E-state index in [0.29, 0.717) is 43.5 Å². The third-order valence-electron chi connectivity index (χ3n) is 3.54. The Labute approximate surface area is 173 Å². The minimum Gasteiger partial charge on any atom is -0.494 e. The van der Waals surface area contributed by atoms with Crippen molar-refractivity contribution in [2.45, 2.75) is 33.1 Å². The summed E-state index contributed by atoms with van der Waals surface area (Å²) in [7, 11) is 0. The van der Waals surface area contributed by atoms with E-state index in [0.717, 1.165) is 11.3 Å². The number of ether oxygens (including phenoxy) is 3. The minimum atomic E-state index is -0.295. The van der Waals surface area contributed by atoms with E-state index in [1.807, 2.05) is 24.3 Å². The third-order valence-corrected chi connectivity index (χ3v) is 4.33. The molecule has 1 aromatic heterocycles. The Bertz CT molecular complexity index is 805. The van der Waals surface area contributed by atoms with Gasteiger partial charge >= 0.3 is 11.9 Å². The Morgan fingerprint density at radius 1 is 1.14 bits per heavy atom. The fourth-order valence-corrected chi connectivity index (χ4v) is 2.91. The predicted octanol–water partition coefficient (Wildman–Crippen LogP) is 3.42. The number of rotatable bonds is 12. The Kier molecular flexibility index (Phi) is 9.64.